The van der Waals surface area contributed by atoms with Crippen LogP contribution in [0.1, 0.15) is 10.4 Å². The highest BCUT2D eigenvalue weighted by atomic mass is 35.5. The molecule has 5 nitrogen and oxygen atoms in total. The number of nitrogens with zero attached hydrogens (tertiary/aromatic N) is 2. The first-order valence-corrected chi connectivity index (χ1v) is 5.47. The van der Waals surface area contributed by atoms with Gasteiger partial charge in [0.05, 0.1) is 12.7 Å². The smallest absolute Gasteiger partial charge is 0.343 e. The van der Waals surface area contributed by atoms with Gasteiger partial charge < -0.3 is 9.64 Å². The molecular weight excluding hydrogens is 256 g/mol. The second-order valence-electron chi connectivity index (χ2n) is 3.67. The second-order valence-corrected chi connectivity index (χ2v) is 4.03. The Labute approximate surface area is 110 Å². The molecule has 1 aromatic heterocycles. The molecule has 0 unspecified atom stereocenters. The van der Waals surface area contributed by atoms with Gasteiger partial charge in [0.2, 0.25) is 5.78 Å². The van der Waals surface area contributed by atoms with Gasteiger partial charge in [0.15, 0.2) is 0 Å². The number of carbonyl (C=O) groups is 2. The van der Waals surface area contributed by atoms with E-state index in [1.807, 2.05) is 0 Å². The standard InChI is InChI=1S/C12H13ClN2O3/c1-15(2)7-9(12(17)18-3)10(16)8-5-4-6-14-11(8)13/h4-7H,1-3H3/b9-7-. The van der Waals surface area contributed by atoms with Gasteiger partial charge in [0, 0.05) is 26.5 Å². The van der Waals surface area contributed by atoms with E-state index in [4.69, 9.17) is 11.6 Å². The summed E-state index contributed by atoms with van der Waals surface area (Å²) in [6.07, 6.45) is 2.85. The molecule has 18 heavy (non-hydrogen) atoms. The van der Waals surface area contributed by atoms with Gasteiger partial charge in [-0.15, -0.1) is 0 Å². The van der Waals surface area contributed by atoms with E-state index < -0.39 is 11.8 Å². The van der Waals surface area contributed by atoms with E-state index in [1.165, 1.54) is 25.6 Å². The summed E-state index contributed by atoms with van der Waals surface area (Å²) in [5.41, 5.74) is 0.0649. The summed E-state index contributed by atoms with van der Waals surface area (Å²) in [5.74, 6) is -1.23. The monoisotopic (exact) mass is 268 g/mol. The number of ketones is 1. The molecule has 0 saturated heterocycles. The lowest BCUT2D eigenvalue weighted by molar-refractivity contribution is -0.135. The Morgan fingerprint density at radius 3 is 2.61 bits per heavy atom. The summed E-state index contributed by atoms with van der Waals surface area (Å²) in [7, 11) is 4.60. The Hall–Kier alpha value is -1.88. The van der Waals surface area contributed by atoms with Gasteiger partial charge in [-0.1, -0.05) is 11.6 Å². The van der Waals surface area contributed by atoms with Crippen LogP contribution in [0.4, 0.5) is 0 Å². The predicted octanol–water partition coefficient (Wildman–Crippen LogP) is 1.54. The highest BCUT2D eigenvalue weighted by molar-refractivity contribution is 6.35. The molecule has 0 aliphatic heterocycles. The summed E-state index contributed by atoms with van der Waals surface area (Å²) in [6, 6.07) is 3.08. The summed E-state index contributed by atoms with van der Waals surface area (Å²) >= 11 is 5.82. The molecule has 0 radical (unpaired) electrons. The molecule has 0 amide bonds. The van der Waals surface area contributed by atoms with Crippen LogP contribution >= 0.6 is 11.6 Å². The van der Waals surface area contributed by atoms with Crippen molar-refractivity contribution >= 4 is 23.4 Å². The molecule has 1 rings (SSSR count). The Bertz CT molecular complexity index is 498. The van der Waals surface area contributed by atoms with Crippen LogP contribution in [0.5, 0.6) is 0 Å². The number of Topliss-reactive ketones (excluding diaryl/α,β-unsaturated/α-hetero) is 1. The summed E-state index contributed by atoms with van der Waals surface area (Å²) in [6.45, 7) is 0. The zero-order chi connectivity index (χ0) is 13.7. The number of aromatic nitrogens is 1. The molecule has 0 saturated carbocycles. The van der Waals surface area contributed by atoms with E-state index in [2.05, 4.69) is 9.72 Å². The number of methoxy groups -OCH3 is 1. The van der Waals surface area contributed by atoms with Crippen LogP contribution in [-0.2, 0) is 9.53 Å². The van der Waals surface area contributed by atoms with Crippen molar-refractivity contribution in [2.24, 2.45) is 0 Å². The predicted molar refractivity (Wildman–Crippen MR) is 67.4 cm³/mol. The lowest BCUT2D eigenvalue weighted by atomic mass is 10.1. The lowest BCUT2D eigenvalue weighted by Gasteiger charge is -2.10. The average molecular weight is 269 g/mol. The number of ether oxygens (including phenoxy) is 1. The first-order chi connectivity index (χ1) is 8.47. The highest BCUT2D eigenvalue weighted by Gasteiger charge is 2.23. The number of hydrogen-bond donors (Lipinski definition) is 0. The number of rotatable bonds is 4. The third-order valence-corrected chi connectivity index (χ3v) is 2.34. The van der Waals surface area contributed by atoms with Gasteiger partial charge in [-0.05, 0) is 12.1 Å². The fraction of sp³-hybridized carbons (Fsp3) is 0.250. The number of halogens is 1. The van der Waals surface area contributed by atoms with Crippen LogP contribution in [0.15, 0.2) is 30.1 Å². The van der Waals surface area contributed by atoms with E-state index in [0.29, 0.717) is 0 Å². The first-order valence-electron chi connectivity index (χ1n) is 5.09. The Morgan fingerprint density at radius 2 is 2.11 bits per heavy atom. The molecule has 1 heterocycles. The zero-order valence-corrected chi connectivity index (χ0v) is 11.1. The quantitative estimate of drug-likeness (QED) is 0.207. The Kier molecular flexibility index (Phi) is 4.85. The van der Waals surface area contributed by atoms with Crippen LogP contribution in [-0.4, -0.2) is 42.8 Å². The topological polar surface area (TPSA) is 59.5 Å². The maximum Gasteiger partial charge on any atom is 0.343 e. The van der Waals surface area contributed by atoms with Crippen molar-refractivity contribution < 1.29 is 14.3 Å². The molecule has 0 atom stereocenters. The second kappa shape index (κ2) is 6.16. The van der Waals surface area contributed by atoms with Crippen molar-refractivity contribution in [3.8, 4) is 0 Å². The van der Waals surface area contributed by atoms with Gasteiger partial charge >= 0.3 is 5.97 Å². The molecule has 0 bridgehead atoms. The molecule has 96 valence electrons. The maximum absolute atomic E-state index is 12.2. The summed E-state index contributed by atoms with van der Waals surface area (Å²) < 4.78 is 4.58. The molecule has 0 aliphatic carbocycles. The van der Waals surface area contributed by atoms with Crippen LogP contribution in [0, 0.1) is 0 Å². The minimum absolute atomic E-state index is 0.0519. The largest absolute Gasteiger partial charge is 0.465 e. The van der Waals surface area contributed by atoms with Crippen LogP contribution in [0.2, 0.25) is 5.15 Å². The number of hydrogen-bond acceptors (Lipinski definition) is 5. The number of esters is 1. The van der Waals surface area contributed by atoms with E-state index in [1.54, 1.807) is 25.1 Å². The molecule has 0 fully saturated rings. The lowest BCUT2D eigenvalue weighted by Crippen LogP contribution is -2.18. The molecule has 6 heteroatoms. The molecule has 0 aliphatic rings. The fourth-order valence-corrected chi connectivity index (χ4v) is 1.48. The third-order valence-electron chi connectivity index (χ3n) is 2.04. The highest BCUT2D eigenvalue weighted by Crippen LogP contribution is 2.17. The van der Waals surface area contributed by atoms with Crippen molar-refractivity contribution in [1.29, 1.82) is 0 Å². The van der Waals surface area contributed by atoms with Crippen LogP contribution in [0.25, 0.3) is 0 Å². The normalized spacial score (nSPS) is 11.0. The molecule has 0 spiro atoms. The number of pyridine rings is 1. The van der Waals surface area contributed by atoms with Gasteiger partial charge in [-0.25, -0.2) is 9.78 Å². The van der Waals surface area contributed by atoms with Crippen molar-refractivity contribution in [2.45, 2.75) is 0 Å². The SMILES string of the molecule is COC(=O)/C(=C\N(C)C)C(=O)c1cccnc1Cl. The van der Waals surface area contributed by atoms with Crippen LogP contribution < -0.4 is 0 Å². The van der Waals surface area contributed by atoms with Gasteiger partial charge in [0.1, 0.15) is 10.7 Å². The number of carbonyl (C=O) groups excluding carboxylic acids is 2. The zero-order valence-electron chi connectivity index (χ0n) is 10.3. The van der Waals surface area contributed by atoms with Crippen molar-refractivity contribution in [3.63, 3.8) is 0 Å². The molecule has 0 N–H and O–H groups in total. The fourth-order valence-electron chi connectivity index (χ4n) is 1.27. The van der Waals surface area contributed by atoms with Gasteiger partial charge in [-0.3, -0.25) is 4.79 Å². The molecule has 0 aromatic carbocycles. The summed E-state index contributed by atoms with van der Waals surface area (Å²) in [4.78, 5) is 29.1. The Balaban J connectivity index is 3.20. The Morgan fingerprint density at radius 1 is 1.44 bits per heavy atom. The van der Waals surface area contributed by atoms with E-state index in [9.17, 15) is 9.59 Å². The van der Waals surface area contributed by atoms with Crippen molar-refractivity contribution in [2.75, 3.05) is 21.2 Å². The maximum atomic E-state index is 12.2. The minimum atomic E-state index is -0.714. The van der Waals surface area contributed by atoms with E-state index >= 15 is 0 Å². The van der Waals surface area contributed by atoms with E-state index in [0.717, 1.165) is 0 Å². The minimum Gasteiger partial charge on any atom is -0.465 e. The molecule has 1 aromatic rings. The summed E-state index contributed by atoms with van der Waals surface area (Å²) in [5, 5.41) is 0.0519. The molecular formula is C12H13ClN2O3. The van der Waals surface area contributed by atoms with Gasteiger partial charge in [0.25, 0.3) is 0 Å². The van der Waals surface area contributed by atoms with E-state index in [-0.39, 0.29) is 16.3 Å². The van der Waals surface area contributed by atoms with Crippen LogP contribution in [0.3, 0.4) is 0 Å². The first kappa shape index (κ1) is 14.2. The van der Waals surface area contributed by atoms with Gasteiger partial charge in [-0.2, -0.15) is 0 Å². The van der Waals surface area contributed by atoms with Crippen molar-refractivity contribution in [1.82, 2.24) is 9.88 Å². The average Bonchev–Trinajstić information content (AvgIpc) is 2.34. The third kappa shape index (κ3) is 3.30. The van der Waals surface area contributed by atoms with Crippen molar-refractivity contribution in [3.05, 3.63) is 40.8 Å².